The molecule has 2 fully saturated rings. The Bertz CT molecular complexity index is 1490. The molecule has 4 aliphatic heterocycles. The molecule has 2 N–H and O–H groups in total. The molecule has 2 aromatic heterocycles. The molecule has 0 radical (unpaired) electrons. The highest BCUT2D eigenvalue weighted by Crippen LogP contribution is 2.37. The minimum atomic E-state index is -3.68. The second-order valence-electron chi connectivity index (χ2n) is 11.6. The summed E-state index contributed by atoms with van der Waals surface area (Å²) in [7, 11) is -3.68. The Morgan fingerprint density at radius 2 is 1.95 bits per heavy atom. The number of hydrogen-bond acceptors (Lipinski definition) is 11. The average molecular weight is 599 g/mol. The quantitative estimate of drug-likeness (QED) is 0.455. The fraction of sp³-hybridized carbons (Fsp3) is 0.571. The van der Waals surface area contributed by atoms with Gasteiger partial charge in [0.25, 0.3) is 0 Å². The first-order valence-corrected chi connectivity index (χ1v) is 16.2. The molecule has 6 heterocycles. The van der Waals surface area contributed by atoms with Crippen LogP contribution in [0.25, 0.3) is 17.1 Å². The van der Waals surface area contributed by atoms with Crippen molar-refractivity contribution in [3.05, 3.63) is 36.7 Å². The summed E-state index contributed by atoms with van der Waals surface area (Å²) in [6.07, 6.45) is 7.30. The topological polar surface area (TPSA) is 148 Å². The molecule has 1 unspecified atom stereocenters. The Hall–Kier alpha value is -3.33. The van der Waals surface area contributed by atoms with E-state index in [2.05, 4.69) is 36.7 Å². The number of fused-ring (bicyclic) bond motifs is 6. The number of sulfonamides is 1. The molecule has 1 aromatic carbocycles. The first-order valence-electron chi connectivity index (χ1n) is 14.5. The Morgan fingerprint density at radius 1 is 1.10 bits per heavy atom. The van der Waals surface area contributed by atoms with Crippen molar-refractivity contribution in [3.63, 3.8) is 0 Å². The van der Waals surface area contributed by atoms with Crippen molar-refractivity contribution < 1.29 is 23.0 Å². The Balaban J connectivity index is 1.38. The molecule has 0 saturated carbocycles. The molecule has 42 heavy (non-hydrogen) atoms. The van der Waals surface area contributed by atoms with Crippen LogP contribution in [0.5, 0.6) is 0 Å². The van der Waals surface area contributed by atoms with Gasteiger partial charge in [-0.1, -0.05) is 12.1 Å². The number of ether oxygens (including phenoxy) is 2. The van der Waals surface area contributed by atoms with Gasteiger partial charge in [0.05, 0.1) is 67.2 Å². The third kappa shape index (κ3) is 6.36. The van der Waals surface area contributed by atoms with Crippen LogP contribution in [0.1, 0.15) is 32.6 Å². The zero-order valence-electron chi connectivity index (χ0n) is 23.9. The summed E-state index contributed by atoms with van der Waals surface area (Å²) < 4.78 is 41.1. The molecule has 7 rings (SSSR count). The van der Waals surface area contributed by atoms with Crippen molar-refractivity contribution in [1.82, 2.24) is 25.0 Å². The molecule has 0 spiro atoms. The molecule has 226 valence electrons. The van der Waals surface area contributed by atoms with E-state index in [0.717, 1.165) is 50.1 Å². The predicted octanol–water partition coefficient (Wildman–Crippen LogP) is 2.08. The number of hydrogen-bond donors (Lipinski definition) is 2. The lowest BCUT2D eigenvalue weighted by molar-refractivity contribution is 0.0333. The predicted molar refractivity (Wildman–Crippen MR) is 158 cm³/mol. The molecule has 0 aliphatic carbocycles. The first-order chi connectivity index (χ1) is 20.3. The SMILES string of the molecule is CC12CCN(CC1)c1cc(NS(=O)(=O)CCO)ccc1-n1cc(nn1)-c1ccnc(n1)N1CCOCC1CCCOC2. The van der Waals surface area contributed by atoms with Crippen molar-refractivity contribution in [2.45, 2.75) is 38.6 Å². The number of nitrogens with one attached hydrogen (secondary N) is 1. The number of anilines is 3. The molecular weight excluding hydrogens is 560 g/mol. The van der Waals surface area contributed by atoms with Gasteiger partial charge in [0.1, 0.15) is 5.69 Å². The lowest BCUT2D eigenvalue weighted by Gasteiger charge is -2.41. The van der Waals surface area contributed by atoms with Gasteiger partial charge in [-0.05, 0) is 55.4 Å². The standard InChI is InChI=1S/C28H38N8O5S/c1-28-7-10-34(11-8-28)26-17-21(32-42(38,39)16-13-37)4-5-25(26)36-18-24(31-33-36)23-6-9-29-27(30-23)35-12-15-40-19-22(35)3-2-14-41-20-28/h4-6,9,17-18,22,32,37H,2-3,7-8,10-16,19-20H2,1H3. The maximum atomic E-state index is 12.4. The van der Waals surface area contributed by atoms with Crippen LogP contribution in [-0.2, 0) is 19.5 Å². The van der Waals surface area contributed by atoms with Crippen LogP contribution in [0.3, 0.4) is 0 Å². The zero-order valence-corrected chi connectivity index (χ0v) is 24.7. The molecule has 4 aliphatic rings. The van der Waals surface area contributed by atoms with E-state index in [9.17, 15) is 13.5 Å². The van der Waals surface area contributed by atoms with Gasteiger partial charge < -0.3 is 24.4 Å². The third-order valence-electron chi connectivity index (χ3n) is 8.33. The number of morpholine rings is 1. The van der Waals surface area contributed by atoms with Gasteiger partial charge in [-0.15, -0.1) is 5.10 Å². The van der Waals surface area contributed by atoms with Crippen LogP contribution in [-0.4, -0.2) is 103 Å². The minimum Gasteiger partial charge on any atom is -0.395 e. The highest BCUT2D eigenvalue weighted by Gasteiger charge is 2.32. The lowest BCUT2D eigenvalue weighted by atomic mass is 9.81. The van der Waals surface area contributed by atoms with Crippen molar-refractivity contribution in [1.29, 1.82) is 0 Å². The van der Waals surface area contributed by atoms with Gasteiger partial charge in [-0.25, -0.2) is 23.1 Å². The molecule has 14 heteroatoms. The van der Waals surface area contributed by atoms with Crippen molar-refractivity contribution in [3.8, 4) is 17.1 Å². The van der Waals surface area contributed by atoms with Crippen LogP contribution in [0.4, 0.5) is 17.3 Å². The molecule has 3 aromatic rings. The van der Waals surface area contributed by atoms with E-state index in [0.29, 0.717) is 56.0 Å². The van der Waals surface area contributed by atoms with E-state index in [1.54, 1.807) is 16.9 Å². The number of nitrogens with zero attached hydrogens (tertiary/aromatic N) is 7. The largest absolute Gasteiger partial charge is 0.395 e. The van der Waals surface area contributed by atoms with E-state index < -0.39 is 16.6 Å². The molecule has 0 amide bonds. The third-order valence-corrected chi connectivity index (χ3v) is 9.59. The van der Waals surface area contributed by atoms with Crippen molar-refractivity contribution in [2.75, 3.05) is 72.9 Å². The van der Waals surface area contributed by atoms with E-state index in [4.69, 9.17) is 14.5 Å². The van der Waals surface area contributed by atoms with Gasteiger partial charge >= 0.3 is 0 Å². The second kappa shape index (κ2) is 12.1. The smallest absolute Gasteiger partial charge is 0.234 e. The number of aliphatic hydroxyl groups excluding tert-OH is 1. The molecular formula is C28H38N8O5S. The summed E-state index contributed by atoms with van der Waals surface area (Å²) in [5, 5.41) is 18.1. The molecule has 2 saturated heterocycles. The zero-order chi connectivity index (χ0) is 29.2. The Kier molecular flexibility index (Phi) is 8.30. The number of aliphatic hydroxyl groups is 1. The van der Waals surface area contributed by atoms with E-state index >= 15 is 0 Å². The fourth-order valence-electron chi connectivity index (χ4n) is 5.84. The summed E-state index contributed by atoms with van der Waals surface area (Å²) in [4.78, 5) is 13.9. The minimum absolute atomic E-state index is 0.0489. The highest BCUT2D eigenvalue weighted by molar-refractivity contribution is 7.92. The maximum absolute atomic E-state index is 12.4. The second-order valence-corrected chi connectivity index (χ2v) is 13.4. The van der Waals surface area contributed by atoms with Gasteiger partial charge in [0, 0.05) is 32.4 Å². The van der Waals surface area contributed by atoms with Crippen LogP contribution in [0.2, 0.25) is 0 Å². The van der Waals surface area contributed by atoms with Crippen LogP contribution < -0.4 is 14.5 Å². The molecule has 6 bridgehead atoms. The van der Waals surface area contributed by atoms with Gasteiger partial charge in [-0.3, -0.25) is 4.72 Å². The summed E-state index contributed by atoms with van der Waals surface area (Å²) in [6.45, 7) is 6.74. The van der Waals surface area contributed by atoms with Crippen molar-refractivity contribution >= 4 is 27.3 Å². The number of piperidine rings is 1. The van der Waals surface area contributed by atoms with Crippen LogP contribution in [0, 0.1) is 5.41 Å². The van der Waals surface area contributed by atoms with E-state index in [1.165, 1.54) is 0 Å². The average Bonchev–Trinajstić information content (AvgIpc) is 3.47. The van der Waals surface area contributed by atoms with Gasteiger partial charge in [0.2, 0.25) is 16.0 Å². The Morgan fingerprint density at radius 3 is 2.79 bits per heavy atom. The number of rotatable bonds is 4. The Labute approximate surface area is 245 Å². The van der Waals surface area contributed by atoms with Gasteiger partial charge in [-0.2, -0.15) is 0 Å². The van der Waals surface area contributed by atoms with Crippen molar-refractivity contribution in [2.24, 2.45) is 5.41 Å². The summed E-state index contributed by atoms with van der Waals surface area (Å²) in [5.74, 6) is 0.274. The fourth-order valence-corrected chi connectivity index (χ4v) is 6.67. The first kappa shape index (κ1) is 28.8. The lowest BCUT2D eigenvalue weighted by Crippen LogP contribution is -2.46. The maximum Gasteiger partial charge on any atom is 0.234 e. The summed E-state index contributed by atoms with van der Waals surface area (Å²) >= 11 is 0. The summed E-state index contributed by atoms with van der Waals surface area (Å²) in [6, 6.07) is 7.37. The van der Waals surface area contributed by atoms with Crippen LogP contribution in [0.15, 0.2) is 36.7 Å². The number of aromatic nitrogens is 5. The van der Waals surface area contributed by atoms with E-state index in [-0.39, 0.29) is 17.2 Å². The number of benzene rings is 1. The molecule has 1 atom stereocenters. The highest BCUT2D eigenvalue weighted by atomic mass is 32.2. The van der Waals surface area contributed by atoms with E-state index in [1.807, 2.05) is 24.4 Å². The normalized spacial score (nSPS) is 23.3. The molecule has 13 nitrogen and oxygen atoms in total. The monoisotopic (exact) mass is 598 g/mol. The van der Waals surface area contributed by atoms with Crippen LogP contribution >= 0.6 is 0 Å². The van der Waals surface area contributed by atoms with Gasteiger partial charge in [0.15, 0.2) is 0 Å². The summed E-state index contributed by atoms with van der Waals surface area (Å²) in [5.41, 5.74) is 3.38.